The number of pyridine rings is 1. The van der Waals surface area contributed by atoms with Gasteiger partial charge in [0.05, 0.1) is 24.1 Å². The second-order valence-electron chi connectivity index (χ2n) is 6.40. The smallest absolute Gasteiger partial charge is 0.416 e. The van der Waals surface area contributed by atoms with E-state index in [1.807, 2.05) is 0 Å². The van der Waals surface area contributed by atoms with Crippen molar-refractivity contribution in [3.05, 3.63) is 47.7 Å². The first-order valence-electron chi connectivity index (χ1n) is 8.46. The molecule has 0 radical (unpaired) electrons. The van der Waals surface area contributed by atoms with Crippen LogP contribution in [0.3, 0.4) is 0 Å². The summed E-state index contributed by atoms with van der Waals surface area (Å²) in [5, 5.41) is 0. The third-order valence-electron chi connectivity index (χ3n) is 4.46. The first-order chi connectivity index (χ1) is 13.1. The Bertz CT molecular complexity index is 964. The highest BCUT2D eigenvalue weighted by Gasteiger charge is 2.35. The van der Waals surface area contributed by atoms with E-state index in [9.17, 15) is 21.6 Å². The lowest BCUT2D eigenvalue weighted by Gasteiger charge is -2.18. The number of aryl methyl sites for hydroxylation is 1. The summed E-state index contributed by atoms with van der Waals surface area (Å²) in [6.45, 7) is 1.98. The van der Waals surface area contributed by atoms with Crippen molar-refractivity contribution in [2.75, 3.05) is 20.2 Å². The van der Waals surface area contributed by atoms with Crippen molar-refractivity contribution in [1.82, 2.24) is 9.29 Å². The molecular weight excluding hydrogens is 397 g/mol. The summed E-state index contributed by atoms with van der Waals surface area (Å²) in [7, 11) is -2.24. The normalized spacial score (nSPS) is 18.2. The molecule has 0 aliphatic carbocycles. The lowest BCUT2D eigenvalue weighted by atomic mass is 10.2. The minimum absolute atomic E-state index is 0.0331. The van der Waals surface area contributed by atoms with Crippen LogP contribution >= 0.6 is 0 Å². The minimum Gasteiger partial charge on any atom is -0.496 e. The summed E-state index contributed by atoms with van der Waals surface area (Å²) in [6, 6.07) is 6.23. The fraction of sp³-hybridized carbons (Fsp3) is 0.389. The quantitative estimate of drug-likeness (QED) is 0.749. The Hall–Kier alpha value is -2.33. The van der Waals surface area contributed by atoms with Gasteiger partial charge in [0.25, 0.3) is 0 Å². The molecule has 6 nitrogen and oxygen atoms in total. The Balaban J connectivity index is 1.72. The predicted molar refractivity (Wildman–Crippen MR) is 94.8 cm³/mol. The van der Waals surface area contributed by atoms with E-state index in [-0.39, 0.29) is 23.9 Å². The number of alkyl halides is 3. The van der Waals surface area contributed by atoms with Crippen LogP contribution in [0.25, 0.3) is 0 Å². The number of aromatic nitrogens is 1. The molecule has 1 atom stereocenters. The standard InChI is InChI=1S/C18H19F3N2O4S/c1-12-9-15(3-4-16(12)26-2)28(24,25)23-8-6-14(11-23)27-17-10-13(5-7-22-17)18(19,20)21/h3-5,7,9-10,14H,6,8,11H2,1-2H3. The summed E-state index contributed by atoms with van der Waals surface area (Å²) in [4.78, 5) is 3.92. The molecule has 10 heteroatoms. The number of methoxy groups -OCH3 is 1. The van der Waals surface area contributed by atoms with Crippen molar-refractivity contribution in [2.24, 2.45) is 0 Å². The fourth-order valence-electron chi connectivity index (χ4n) is 2.99. The zero-order valence-corrected chi connectivity index (χ0v) is 16.0. The van der Waals surface area contributed by atoms with Gasteiger partial charge in [-0.3, -0.25) is 0 Å². The molecule has 1 aromatic carbocycles. The summed E-state index contributed by atoms with van der Waals surface area (Å²) < 4.78 is 75.9. The number of hydrogen-bond acceptors (Lipinski definition) is 5. The molecule has 0 saturated carbocycles. The van der Waals surface area contributed by atoms with E-state index >= 15 is 0 Å². The van der Waals surface area contributed by atoms with Crippen molar-refractivity contribution < 1.29 is 31.1 Å². The van der Waals surface area contributed by atoms with Gasteiger partial charge < -0.3 is 9.47 Å². The highest BCUT2D eigenvalue weighted by Crippen LogP contribution is 2.31. The van der Waals surface area contributed by atoms with E-state index in [1.54, 1.807) is 13.0 Å². The number of halogens is 3. The Morgan fingerprint density at radius 2 is 1.96 bits per heavy atom. The van der Waals surface area contributed by atoms with Crippen LogP contribution in [-0.2, 0) is 16.2 Å². The van der Waals surface area contributed by atoms with Crippen molar-refractivity contribution in [3.8, 4) is 11.6 Å². The van der Waals surface area contributed by atoms with Gasteiger partial charge in [-0.15, -0.1) is 0 Å². The molecule has 0 bridgehead atoms. The summed E-state index contributed by atoms with van der Waals surface area (Å²) in [6.07, 6.45) is -3.71. The maximum Gasteiger partial charge on any atom is 0.416 e. The van der Waals surface area contributed by atoms with Gasteiger partial charge in [0, 0.05) is 18.8 Å². The van der Waals surface area contributed by atoms with Crippen LogP contribution in [0.1, 0.15) is 17.5 Å². The van der Waals surface area contributed by atoms with Crippen LogP contribution in [0.15, 0.2) is 41.4 Å². The van der Waals surface area contributed by atoms with Crippen LogP contribution in [0, 0.1) is 6.92 Å². The fourth-order valence-corrected chi connectivity index (χ4v) is 4.57. The number of nitrogens with zero attached hydrogens (tertiary/aromatic N) is 2. The van der Waals surface area contributed by atoms with Crippen molar-refractivity contribution in [1.29, 1.82) is 0 Å². The molecule has 28 heavy (non-hydrogen) atoms. The van der Waals surface area contributed by atoms with Gasteiger partial charge in [0.15, 0.2) is 0 Å². The maximum absolute atomic E-state index is 12.8. The van der Waals surface area contributed by atoms with Crippen molar-refractivity contribution >= 4 is 10.0 Å². The van der Waals surface area contributed by atoms with Crippen LogP contribution in [0.2, 0.25) is 0 Å². The molecule has 1 aromatic heterocycles. The first-order valence-corrected chi connectivity index (χ1v) is 9.90. The van der Waals surface area contributed by atoms with Gasteiger partial charge in [0.2, 0.25) is 15.9 Å². The van der Waals surface area contributed by atoms with Gasteiger partial charge in [0.1, 0.15) is 11.9 Å². The third-order valence-corrected chi connectivity index (χ3v) is 6.32. The van der Waals surface area contributed by atoms with Crippen LogP contribution in [0.4, 0.5) is 13.2 Å². The third kappa shape index (κ3) is 4.22. The number of benzene rings is 1. The Morgan fingerprint density at radius 3 is 2.61 bits per heavy atom. The summed E-state index contributed by atoms with van der Waals surface area (Å²) in [5.41, 5.74) is -0.183. The zero-order valence-electron chi connectivity index (χ0n) is 15.2. The van der Waals surface area contributed by atoms with Crippen LogP contribution < -0.4 is 9.47 Å². The molecule has 1 aliphatic heterocycles. The first kappa shape index (κ1) is 20.4. The average molecular weight is 416 g/mol. The SMILES string of the molecule is COc1ccc(S(=O)(=O)N2CCC(Oc3cc(C(F)(F)F)ccn3)C2)cc1C. The molecular formula is C18H19F3N2O4S. The monoisotopic (exact) mass is 416 g/mol. The summed E-state index contributed by atoms with van der Waals surface area (Å²) >= 11 is 0. The van der Waals surface area contributed by atoms with E-state index in [2.05, 4.69) is 4.98 Å². The molecule has 3 rings (SSSR count). The van der Waals surface area contributed by atoms with Gasteiger partial charge >= 0.3 is 6.18 Å². The van der Waals surface area contributed by atoms with E-state index in [1.165, 1.54) is 23.5 Å². The second kappa shape index (κ2) is 7.59. The number of sulfonamides is 1. The van der Waals surface area contributed by atoms with Gasteiger partial charge in [-0.25, -0.2) is 13.4 Å². The largest absolute Gasteiger partial charge is 0.496 e. The predicted octanol–water partition coefficient (Wildman–Crippen LogP) is 3.26. The molecule has 1 saturated heterocycles. The van der Waals surface area contributed by atoms with Crippen molar-refractivity contribution in [3.63, 3.8) is 0 Å². The van der Waals surface area contributed by atoms with Gasteiger partial charge in [-0.05, 0) is 43.2 Å². The van der Waals surface area contributed by atoms with E-state index in [0.29, 0.717) is 17.7 Å². The van der Waals surface area contributed by atoms with Crippen molar-refractivity contribution in [2.45, 2.75) is 30.5 Å². The molecule has 2 heterocycles. The Morgan fingerprint density at radius 1 is 1.21 bits per heavy atom. The lowest BCUT2D eigenvalue weighted by molar-refractivity contribution is -0.137. The number of hydrogen-bond donors (Lipinski definition) is 0. The average Bonchev–Trinajstić information content (AvgIpc) is 3.10. The molecule has 0 amide bonds. The van der Waals surface area contributed by atoms with Crippen LogP contribution in [-0.4, -0.2) is 44.0 Å². The molecule has 2 aromatic rings. The number of rotatable bonds is 5. The Kier molecular flexibility index (Phi) is 5.53. The minimum atomic E-state index is -4.50. The molecule has 0 N–H and O–H groups in total. The molecule has 1 aliphatic rings. The van der Waals surface area contributed by atoms with E-state index in [4.69, 9.17) is 9.47 Å². The second-order valence-corrected chi connectivity index (χ2v) is 8.34. The van der Waals surface area contributed by atoms with Gasteiger partial charge in [-0.2, -0.15) is 17.5 Å². The topological polar surface area (TPSA) is 68.7 Å². The van der Waals surface area contributed by atoms with Crippen LogP contribution in [0.5, 0.6) is 11.6 Å². The maximum atomic E-state index is 12.8. The Labute approximate surface area is 161 Å². The summed E-state index contributed by atoms with van der Waals surface area (Å²) in [5.74, 6) is 0.400. The van der Waals surface area contributed by atoms with E-state index < -0.39 is 27.9 Å². The molecule has 0 spiro atoms. The number of ether oxygens (including phenoxy) is 2. The molecule has 1 fully saturated rings. The van der Waals surface area contributed by atoms with Gasteiger partial charge in [-0.1, -0.05) is 0 Å². The molecule has 152 valence electrons. The zero-order chi connectivity index (χ0) is 20.5. The molecule has 1 unspecified atom stereocenters. The van der Waals surface area contributed by atoms with E-state index in [0.717, 1.165) is 18.3 Å². The highest BCUT2D eigenvalue weighted by atomic mass is 32.2. The lowest BCUT2D eigenvalue weighted by Crippen LogP contribution is -2.31. The highest BCUT2D eigenvalue weighted by molar-refractivity contribution is 7.89.